The molecule has 0 saturated carbocycles. The molecule has 144 heavy (non-hydrogen) atoms. The first-order valence-electron chi connectivity index (χ1n) is 50.8. The molecule has 0 radical (unpaired) electrons. The van der Waals surface area contributed by atoms with Crippen LogP contribution in [0.15, 0.2) is 0 Å². The highest BCUT2D eigenvalue weighted by atomic mass is 16.8. The lowest BCUT2D eigenvalue weighted by Crippen LogP contribution is -2.48. The monoisotopic (exact) mass is 2090 g/mol. The first kappa shape index (κ1) is 119. The van der Waals surface area contributed by atoms with Gasteiger partial charge in [0.2, 0.25) is 35.4 Å². The van der Waals surface area contributed by atoms with Crippen molar-refractivity contribution in [1.29, 1.82) is 0 Å². The molecule has 12 aliphatic rings. The quantitative estimate of drug-likeness (QED) is 0.0261. The third-order valence-corrected chi connectivity index (χ3v) is 27.3. The van der Waals surface area contributed by atoms with Gasteiger partial charge >= 0.3 is 35.8 Å². The standard InChI is InChI=1S/6C16H25N3O5.13H2/c6*1-11-4-3-5-12(2)18(11)10-13(20)17-9-8-16(23)24-19-14(21)6-7-15(19)22;;;;;;;;;;;;;/h6*11-12H,3-10H2,1-2H3,(H,17,20);13*1H/t6*11-,12+;;;;;;;;;;;;;/i8+1,9+1,13+1,16+1,17+1;8+1,9+1,10+1,13+1,17+1;1+1,2+1,11+1,12+1,18+1;1+1,2+1,11+1,12+1,17+1;1+1,2+1,10+1,13+1,17+1;1+1,2+1,9+1,13+1,17+1;;;;;;;;;;;;;. The van der Waals surface area contributed by atoms with Crippen LogP contribution >= 0.6 is 0 Å². The molecular weight excluding hydrogens is 1910 g/mol. The first-order chi connectivity index (χ1) is 68.3. The maximum absolute atomic E-state index is 12.0. The van der Waals surface area contributed by atoms with E-state index >= 15 is 0 Å². The largest absolute Gasteiger partial charge is 0.354 e. The van der Waals surface area contributed by atoms with E-state index in [1.54, 1.807) is 0 Å². The van der Waals surface area contributed by atoms with E-state index in [4.69, 9.17) is 29.0 Å². The Morgan fingerprint density at radius 2 is 0.292 bits per heavy atom. The van der Waals surface area contributed by atoms with Crippen LogP contribution in [0.4, 0.5) is 0 Å². The molecule has 0 unspecified atom stereocenters. The van der Waals surface area contributed by atoms with E-state index in [-0.39, 0.29) is 209 Å². The Bertz CT molecular complexity index is 3750. The number of rotatable bonds is 36. The lowest BCUT2D eigenvalue weighted by atomic mass is 9.98. The number of hydrogen-bond acceptors (Lipinski definition) is 36. The summed E-state index contributed by atoms with van der Waals surface area (Å²) in [6.45, 7) is 27.9. The van der Waals surface area contributed by atoms with Gasteiger partial charge in [-0.25, -0.2) is 28.8 Å². The van der Waals surface area contributed by atoms with Crippen LogP contribution in [-0.2, 0) is 144 Å². The molecule has 12 atom stereocenters. The molecule has 0 bridgehead atoms. The molecule has 12 fully saturated rings. The summed E-state index contributed by atoms with van der Waals surface area (Å²) in [5.41, 5.74) is 0. The van der Waals surface area contributed by atoms with Crippen molar-refractivity contribution < 1.29 is 163 Å². The maximum Gasteiger partial charge on any atom is 0.334 e. The van der Waals surface area contributed by atoms with Crippen molar-refractivity contribution in [2.24, 2.45) is 0 Å². The normalized spacial score (nSPS) is 25.0. The molecule has 48 nitrogen and oxygen atoms in total. The van der Waals surface area contributed by atoms with Gasteiger partial charge in [-0.1, -0.05) is 38.5 Å². The molecule has 0 aliphatic carbocycles. The lowest BCUT2D eigenvalue weighted by molar-refractivity contribution is -0.197. The van der Waals surface area contributed by atoms with Crippen LogP contribution < -0.4 is 31.9 Å². The molecule has 18 amide bonds. The van der Waals surface area contributed by atoms with Crippen LogP contribution in [0, 0.1) is 0 Å². The minimum absolute atomic E-state index is 0. The second kappa shape index (κ2) is 60.2. The highest BCUT2D eigenvalue weighted by Crippen LogP contribution is 2.29. The number of carbonyl (C=O) groups is 24. The molecule has 12 rings (SSSR count). The zero-order valence-electron chi connectivity index (χ0n) is 85.5. The average Bonchev–Trinajstić information content (AvgIpc) is 1.63. The predicted octanol–water partition coefficient (Wildman–Crippen LogP) is 5.37. The van der Waals surface area contributed by atoms with Crippen molar-refractivity contribution in [3.63, 3.8) is 0 Å². The van der Waals surface area contributed by atoms with Crippen molar-refractivity contribution in [3.8, 4) is 0 Å². The minimum Gasteiger partial charge on any atom is -0.354 e. The van der Waals surface area contributed by atoms with E-state index in [1.165, 1.54) is 38.5 Å². The first-order valence-corrected chi connectivity index (χ1v) is 50.8. The molecular formula is C96H176N18O30. The summed E-state index contributed by atoms with van der Waals surface area (Å²) in [6.07, 6.45) is 20.3. The molecule has 12 saturated heterocycles. The number of nitrogens with zero attached hydrogens (tertiary/aromatic N) is 12. The Hall–Kier alpha value is -11.8. The zero-order valence-corrected chi connectivity index (χ0v) is 85.5. The van der Waals surface area contributed by atoms with Gasteiger partial charge < -0.3 is 60.9 Å². The van der Waals surface area contributed by atoms with Crippen LogP contribution in [0.3, 0.4) is 0 Å². The van der Waals surface area contributed by atoms with Crippen molar-refractivity contribution in [2.45, 2.75) is 387 Å². The molecule has 0 aromatic heterocycles. The van der Waals surface area contributed by atoms with E-state index in [9.17, 15) is 115 Å². The number of nitrogens with one attached hydrogen (secondary N) is 6. The highest BCUT2D eigenvalue weighted by molar-refractivity contribution is 6.05. The second-order valence-electron chi connectivity index (χ2n) is 38.7. The average molecular weight is 2090 g/mol. The number of likely N-dealkylation sites (tertiary alicyclic amines) is 6. The van der Waals surface area contributed by atoms with Gasteiger partial charge in [-0.05, 0) is 160 Å². The Morgan fingerprint density at radius 1 is 0.194 bits per heavy atom. The Labute approximate surface area is 858 Å². The number of hydrogen-bond donors (Lipinski definition) is 6. The molecule has 12 heterocycles. The van der Waals surface area contributed by atoms with Crippen LogP contribution in [0.1, 0.15) is 333 Å². The lowest BCUT2D eigenvalue weighted by Gasteiger charge is -2.38. The van der Waals surface area contributed by atoms with Crippen LogP contribution in [0.5, 0.6) is 0 Å². The molecule has 0 spiro atoms. The summed E-state index contributed by atoms with van der Waals surface area (Å²) in [6, 6.07) is 4.46. The fourth-order valence-corrected chi connectivity index (χ4v) is 18.7. The summed E-state index contributed by atoms with van der Waals surface area (Å²) >= 11 is 0. The van der Waals surface area contributed by atoms with Gasteiger partial charge in [-0.15, -0.1) is 30.4 Å². The third-order valence-electron chi connectivity index (χ3n) is 27.3. The van der Waals surface area contributed by atoms with E-state index in [1.807, 2.05) is 0 Å². The Balaban J connectivity index is -0.000000338. The second-order valence-corrected chi connectivity index (χ2v) is 38.7. The number of carbonyl (C=O) groups excluding carboxylic acids is 24. The van der Waals surface area contributed by atoms with Crippen molar-refractivity contribution in [2.75, 3.05) is 78.5 Å². The van der Waals surface area contributed by atoms with Gasteiger partial charge in [-0.2, -0.15) is 0 Å². The van der Waals surface area contributed by atoms with Crippen LogP contribution in [0.25, 0.3) is 0 Å². The van der Waals surface area contributed by atoms with Gasteiger partial charge in [0.1, 0.15) is 0 Å². The topological polar surface area (TPSA) is 576 Å². The number of imide groups is 6. The van der Waals surface area contributed by atoms with E-state index in [0.29, 0.717) is 142 Å². The number of piperidine rings is 6. The third kappa shape index (κ3) is 39.6. The zero-order chi connectivity index (χ0) is 106. The SMILES string of the molecule is C[C@@H]1CCC[C@H](C)N1C[13C](=O)[15NH][13CH2][13CH2][13C](=O)ON1C(=O)CCC1=O.C[C@@H]1CCC[C@H](C)N1[13CH2][13C](=O)[15NH][13CH2][13CH2]C(=O)ON1C(=O)CCC1=O.[13CH3][13C@@H]1CCC[13C@H]([13CH3])N1CC(=O)[15NH]CCC(=O)ON1C(=O)CCC1=O.[13CH3][13C@@H]1CCC[13C@H]([13CH3])[15N]1CC(=O)NCCC(=O)ON1C(=O)CCC1=O.[13CH3][C@@H]1CCC[C@H]([13CH3])N1C[13C](=O)[15NH][13CH2]CC(=O)ON1C(=O)CCC1=O.[13CH3][C@@H]1CCC[C@H]([13CH3])N1[13CH2][13C](=O)[15NH]CCC(=O)ON1C(=O)CCC1=O.[HH].[HH].[HH].[HH].[HH].[HH].[HH].[HH].[HH].[HH].[HH].[HH].[HH]. The number of amides is 18. The van der Waals surface area contributed by atoms with Gasteiger partial charge in [0.25, 0.3) is 70.9 Å². The molecule has 48 heteroatoms. The fourth-order valence-electron chi connectivity index (χ4n) is 18.7. The molecule has 12 aliphatic heterocycles. The van der Waals surface area contributed by atoms with E-state index in [2.05, 4.69) is 144 Å². The summed E-state index contributed by atoms with van der Waals surface area (Å²) in [5.74, 6) is -11.2. The summed E-state index contributed by atoms with van der Waals surface area (Å²) < 4.78 is 0. The van der Waals surface area contributed by atoms with Gasteiger partial charge in [0.05, 0.1) is 77.8 Å². The Kier molecular flexibility index (Phi) is 49.9. The molecule has 0 aromatic carbocycles. The summed E-state index contributed by atoms with van der Waals surface area (Å²) in [4.78, 5) is 319. The molecule has 6 N–H and O–H groups in total. The minimum atomic E-state index is -0.710. The van der Waals surface area contributed by atoms with E-state index < -0.39 is 107 Å². The summed E-state index contributed by atoms with van der Waals surface area (Å²) in [5, 5.41) is 19.2. The molecule has 830 valence electrons. The van der Waals surface area contributed by atoms with Crippen LogP contribution in [0.2, 0.25) is 0 Å². The van der Waals surface area contributed by atoms with Crippen LogP contribution in [-0.4, -0.2) is 353 Å². The Morgan fingerprint density at radius 3 is 0.389 bits per heavy atom. The van der Waals surface area contributed by atoms with Crippen molar-refractivity contribution in [3.05, 3.63) is 0 Å². The van der Waals surface area contributed by atoms with Crippen molar-refractivity contribution >= 4 is 142 Å². The smallest absolute Gasteiger partial charge is 0.334 e. The number of hydroxylamine groups is 12. The fraction of sp³-hybridized carbons (Fsp3) is 0.750. The van der Waals surface area contributed by atoms with E-state index in [0.717, 1.165) is 77.0 Å². The van der Waals surface area contributed by atoms with Gasteiger partial charge in [0, 0.05) is 207 Å². The predicted molar refractivity (Wildman–Crippen MR) is 533 cm³/mol. The van der Waals surface area contributed by atoms with Gasteiger partial charge in [0.15, 0.2) is 0 Å². The molecule has 0 aromatic rings. The highest BCUT2D eigenvalue weighted by Gasteiger charge is 2.41. The van der Waals surface area contributed by atoms with Crippen molar-refractivity contribution in [1.82, 2.24) is 91.7 Å². The summed E-state index contributed by atoms with van der Waals surface area (Å²) in [7, 11) is 0. The maximum atomic E-state index is 12.0. The van der Waals surface area contributed by atoms with Gasteiger partial charge in [-0.3, -0.25) is 116 Å².